The number of amides is 1. The van der Waals surface area contributed by atoms with Crippen LogP contribution >= 0.6 is 0 Å². The summed E-state index contributed by atoms with van der Waals surface area (Å²) in [6, 6.07) is 7.03. The second-order valence-corrected chi connectivity index (χ2v) is 8.42. The molecule has 1 aromatic carbocycles. The second-order valence-electron chi connectivity index (χ2n) is 8.42. The lowest BCUT2D eigenvalue weighted by Crippen LogP contribution is -2.47. The average molecular weight is 357 g/mol. The van der Waals surface area contributed by atoms with Crippen LogP contribution in [0.4, 0.5) is 5.69 Å². The number of aryl methyl sites for hydroxylation is 1. The van der Waals surface area contributed by atoms with Gasteiger partial charge in [0.1, 0.15) is 0 Å². The number of hydrogen-bond donors (Lipinski definition) is 0. The number of likely N-dealkylation sites (tertiary alicyclic amines) is 1. The van der Waals surface area contributed by atoms with Gasteiger partial charge in [0.25, 0.3) is 0 Å². The third kappa shape index (κ3) is 4.31. The third-order valence-corrected chi connectivity index (χ3v) is 6.22. The molecule has 2 atom stereocenters. The Balaban J connectivity index is 1.60. The Bertz CT molecular complexity index is 612. The van der Waals surface area contributed by atoms with Gasteiger partial charge in [-0.1, -0.05) is 63.1 Å². The molecule has 2 heterocycles. The van der Waals surface area contributed by atoms with Gasteiger partial charge in [-0.3, -0.25) is 4.79 Å². The maximum absolute atomic E-state index is 13.1. The number of likely N-dealkylation sites (N-methyl/N-ethyl adjacent to an activating group) is 1. The molecular weight excluding hydrogens is 320 g/mol. The van der Waals surface area contributed by atoms with E-state index < -0.39 is 0 Å². The molecule has 0 radical (unpaired) electrons. The quantitative estimate of drug-likeness (QED) is 0.592. The van der Waals surface area contributed by atoms with Crippen molar-refractivity contribution in [2.45, 2.75) is 83.6 Å². The summed E-state index contributed by atoms with van der Waals surface area (Å²) in [4.78, 5) is 17.7. The van der Waals surface area contributed by atoms with Crippen molar-refractivity contribution in [1.82, 2.24) is 4.90 Å². The molecular formula is C23H36N2O. The van der Waals surface area contributed by atoms with Crippen molar-refractivity contribution < 1.29 is 4.79 Å². The first-order chi connectivity index (χ1) is 12.6. The number of unbranched alkanes of at least 4 members (excludes halogenated alkanes) is 6. The summed E-state index contributed by atoms with van der Waals surface area (Å²) >= 11 is 0. The van der Waals surface area contributed by atoms with Crippen LogP contribution < -0.4 is 4.90 Å². The van der Waals surface area contributed by atoms with Crippen LogP contribution in [-0.4, -0.2) is 37.0 Å². The first-order valence-corrected chi connectivity index (χ1v) is 10.7. The van der Waals surface area contributed by atoms with Crippen molar-refractivity contribution in [3.63, 3.8) is 0 Å². The van der Waals surface area contributed by atoms with Gasteiger partial charge in [-0.05, 0) is 45.0 Å². The number of benzene rings is 1. The molecule has 0 aliphatic carbocycles. The molecule has 26 heavy (non-hydrogen) atoms. The van der Waals surface area contributed by atoms with Gasteiger partial charge in [-0.15, -0.1) is 0 Å². The Morgan fingerprint density at radius 2 is 1.85 bits per heavy atom. The number of anilines is 1. The fourth-order valence-corrected chi connectivity index (χ4v) is 4.76. The Morgan fingerprint density at radius 1 is 1.12 bits per heavy atom. The van der Waals surface area contributed by atoms with Crippen LogP contribution in [0.5, 0.6) is 0 Å². The Hall–Kier alpha value is -1.35. The summed E-state index contributed by atoms with van der Waals surface area (Å²) in [5.74, 6) is 0.836. The molecule has 3 nitrogen and oxygen atoms in total. The third-order valence-electron chi connectivity index (χ3n) is 6.22. The molecule has 1 amide bonds. The number of nitrogens with zero attached hydrogens (tertiary/aromatic N) is 2. The summed E-state index contributed by atoms with van der Waals surface area (Å²) in [7, 11) is 2.20. The van der Waals surface area contributed by atoms with Gasteiger partial charge in [0.15, 0.2) is 0 Å². The Kier molecular flexibility index (Phi) is 6.74. The topological polar surface area (TPSA) is 23.6 Å². The van der Waals surface area contributed by atoms with Gasteiger partial charge in [0.05, 0.1) is 0 Å². The highest BCUT2D eigenvalue weighted by atomic mass is 16.2. The van der Waals surface area contributed by atoms with Gasteiger partial charge < -0.3 is 9.80 Å². The molecule has 3 heteroatoms. The Morgan fingerprint density at radius 3 is 2.62 bits per heavy atom. The van der Waals surface area contributed by atoms with Crippen LogP contribution in [0.15, 0.2) is 18.2 Å². The fraction of sp³-hybridized carbons (Fsp3) is 0.696. The molecule has 0 unspecified atom stereocenters. The van der Waals surface area contributed by atoms with Crippen molar-refractivity contribution >= 4 is 11.6 Å². The average Bonchev–Trinajstić information content (AvgIpc) is 2.94. The number of hydrogen-bond acceptors (Lipinski definition) is 2. The molecule has 1 aromatic rings. The minimum absolute atomic E-state index is 0.348. The zero-order chi connectivity index (χ0) is 18.5. The number of rotatable bonds is 8. The maximum atomic E-state index is 13.1. The van der Waals surface area contributed by atoms with E-state index in [2.05, 4.69) is 48.9 Å². The zero-order valence-electron chi connectivity index (χ0n) is 17.0. The minimum Gasteiger partial charge on any atom is -0.308 e. The number of carbonyl (C=O) groups excluding carboxylic acids is 1. The van der Waals surface area contributed by atoms with E-state index in [1.165, 1.54) is 55.3 Å². The molecule has 2 aliphatic heterocycles. The van der Waals surface area contributed by atoms with E-state index in [4.69, 9.17) is 0 Å². The highest BCUT2D eigenvalue weighted by Crippen LogP contribution is 2.45. The maximum Gasteiger partial charge on any atom is 0.227 e. The van der Waals surface area contributed by atoms with E-state index in [1.807, 2.05) is 0 Å². The van der Waals surface area contributed by atoms with E-state index >= 15 is 0 Å². The standard InChI is InChI=1S/C23H36N2O/c1-4-5-6-7-8-9-10-11-23(26)25-21-13-12-18(2)16-19(21)20-17-24(3)15-14-22(20)25/h12-13,16,20,22H,4-11,14-15,17H2,1-3H3/t20-,22-/m1/s1. The van der Waals surface area contributed by atoms with Gasteiger partial charge in [0.2, 0.25) is 5.91 Å². The SMILES string of the molecule is CCCCCCCCCC(=O)N1c2ccc(C)cc2[C@H]2CN(C)CC[C@H]21. The number of carbonyl (C=O) groups is 1. The van der Waals surface area contributed by atoms with Crippen LogP contribution in [-0.2, 0) is 4.79 Å². The van der Waals surface area contributed by atoms with Gasteiger partial charge in [0, 0.05) is 30.6 Å². The highest BCUT2D eigenvalue weighted by molar-refractivity contribution is 5.96. The van der Waals surface area contributed by atoms with Crippen molar-refractivity contribution in [2.75, 3.05) is 25.0 Å². The van der Waals surface area contributed by atoms with E-state index in [0.717, 1.165) is 25.9 Å². The Labute approximate surface area is 159 Å². The van der Waals surface area contributed by atoms with Crippen LogP contribution in [0.3, 0.4) is 0 Å². The summed E-state index contributed by atoms with van der Waals surface area (Å²) in [6.07, 6.45) is 10.6. The second kappa shape index (κ2) is 9.03. The van der Waals surface area contributed by atoms with E-state index in [1.54, 1.807) is 0 Å². The zero-order valence-corrected chi connectivity index (χ0v) is 17.0. The van der Waals surface area contributed by atoms with Crippen molar-refractivity contribution in [1.29, 1.82) is 0 Å². The molecule has 0 saturated carbocycles. The van der Waals surface area contributed by atoms with Crippen LogP contribution in [0.25, 0.3) is 0 Å². The van der Waals surface area contributed by atoms with Gasteiger partial charge >= 0.3 is 0 Å². The first kappa shape index (κ1) is 19.4. The van der Waals surface area contributed by atoms with Gasteiger partial charge in [-0.25, -0.2) is 0 Å². The minimum atomic E-state index is 0.348. The van der Waals surface area contributed by atoms with Crippen molar-refractivity contribution in [3.05, 3.63) is 29.3 Å². The van der Waals surface area contributed by atoms with Crippen molar-refractivity contribution in [2.24, 2.45) is 0 Å². The molecule has 144 valence electrons. The smallest absolute Gasteiger partial charge is 0.227 e. The highest BCUT2D eigenvalue weighted by Gasteiger charge is 2.43. The van der Waals surface area contributed by atoms with E-state index in [-0.39, 0.29) is 0 Å². The lowest BCUT2D eigenvalue weighted by Gasteiger charge is -2.36. The van der Waals surface area contributed by atoms with E-state index in [9.17, 15) is 4.79 Å². The number of piperidine rings is 1. The monoisotopic (exact) mass is 356 g/mol. The molecule has 2 aliphatic rings. The molecule has 1 fully saturated rings. The summed E-state index contributed by atoms with van der Waals surface area (Å²) < 4.78 is 0. The van der Waals surface area contributed by atoms with Crippen LogP contribution in [0.1, 0.15) is 81.8 Å². The predicted molar refractivity (Wildman–Crippen MR) is 110 cm³/mol. The first-order valence-electron chi connectivity index (χ1n) is 10.7. The summed E-state index contributed by atoms with van der Waals surface area (Å²) in [5, 5.41) is 0. The fourth-order valence-electron chi connectivity index (χ4n) is 4.76. The number of fused-ring (bicyclic) bond motifs is 3. The van der Waals surface area contributed by atoms with E-state index in [0.29, 0.717) is 24.3 Å². The normalized spacial score (nSPS) is 22.3. The van der Waals surface area contributed by atoms with Crippen LogP contribution in [0, 0.1) is 6.92 Å². The van der Waals surface area contributed by atoms with Crippen molar-refractivity contribution in [3.8, 4) is 0 Å². The lowest BCUT2D eigenvalue weighted by molar-refractivity contribution is -0.119. The predicted octanol–water partition coefficient (Wildman–Crippen LogP) is 5.27. The molecule has 1 saturated heterocycles. The molecule has 3 rings (SSSR count). The molecule has 0 N–H and O–H groups in total. The van der Waals surface area contributed by atoms with Gasteiger partial charge in [-0.2, -0.15) is 0 Å². The summed E-state index contributed by atoms with van der Waals surface area (Å²) in [5.41, 5.74) is 3.89. The van der Waals surface area contributed by atoms with Crippen LogP contribution in [0.2, 0.25) is 0 Å². The summed E-state index contributed by atoms with van der Waals surface area (Å²) in [6.45, 7) is 6.58. The molecule has 0 spiro atoms. The largest absolute Gasteiger partial charge is 0.308 e. The molecule has 0 aromatic heterocycles. The molecule has 0 bridgehead atoms. The lowest BCUT2D eigenvalue weighted by atomic mass is 9.89.